The minimum absolute atomic E-state index is 0. The van der Waals surface area contributed by atoms with Crippen LogP contribution < -0.4 is 11.1 Å². The molecule has 3 N–H and O–H groups in total. The lowest BCUT2D eigenvalue weighted by atomic mass is 10.00. The van der Waals surface area contributed by atoms with Crippen LogP contribution in [-0.4, -0.2) is 38.4 Å². The average Bonchev–Trinajstić information content (AvgIpc) is 2.38. The van der Waals surface area contributed by atoms with Crippen molar-refractivity contribution >= 4 is 28.2 Å². The third-order valence-corrected chi connectivity index (χ3v) is 4.53. The fourth-order valence-electron chi connectivity index (χ4n) is 2.28. The molecule has 0 saturated heterocycles. The number of hydrogen-bond acceptors (Lipinski definition) is 4. The van der Waals surface area contributed by atoms with Gasteiger partial charge in [-0.1, -0.05) is 23.8 Å². The van der Waals surface area contributed by atoms with Gasteiger partial charge in [0.15, 0.2) is 0 Å². The third kappa shape index (κ3) is 8.34. The Kier molecular flexibility index (Phi) is 8.80. The molecule has 1 aromatic rings. The third-order valence-electron chi connectivity index (χ3n) is 3.55. The van der Waals surface area contributed by atoms with E-state index in [1.54, 1.807) is 0 Å². The van der Waals surface area contributed by atoms with Crippen LogP contribution >= 0.6 is 12.4 Å². The lowest BCUT2D eigenvalue weighted by molar-refractivity contribution is -0.122. The van der Waals surface area contributed by atoms with Crippen molar-refractivity contribution in [1.82, 2.24) is 5.32 Å². The molecule has 0 bridgehead atoms. The van der Waals surface area contributed by atoms with Gasteiger partial charge in [0, 0.05) is 12.3 Å². The molecule has 0 aliphatic heterocycles. The number of carbonyl (C=O) groups excluding carboxylic acids is 1. The molecule has 0 radical (unpaired) electrons. The summed E-state index contributed by atoms with van der Waals surface area (Å²) in [5.41, 5.74) is 9.33. The Morgan fingerprint density at radius 1 is 1.30 bits per heavy atom. The minimum atomic E-state index is -3.10. The summed E-state index contributed by atoms with van der Waals surface area (Å²) in [6.45, 7) is 6.01. The zero-order valence-corrected chi connectivity index (χ0v) is 15.8. The smallest absolute Gasteiger partial charge is 0.237 e. The molecule has 0 aromatic heterocycles. The van der Waals surface area contributed by atoms with Gasteiger partial charge in [-0.25, -0.2) is 8.42 Å². The second kappa shape index (κ2) is 9.25. The van der Waals surface area contributed by atoms with Crippen molar-refractivity contribution in [3.05, 3.63) is 34.9 Å². The Morgan fingerprint density at radius 3 is 2.43 bits per heavy atom. The van der Waals surface area contributed by atoms with E-state index in [9.17, 15) is 13.2 Å². The molecule has 1 amide bonds. The van der Waals surface area contributed by atoms with Gasteiger partial charge >= 0.3 is 0 Å². The molecule has 0 spiro atoms. The van der Waals surface area contributed by atoms with Gasteiger partial charge in [-0.2, -0.15) is 0 Å². The van der Waals surface area contributed by atoms with E-state index in [2.05, 4.69) is 30.4 Å². The maximum Gasteiger partial charge on any atom is 0.237 e. The molecule has 1 aromatic carbocycles. The average molecular weight is 363 g/mol. The number of aryl methyl sites for hydroxylation is 2. The highest BCUT2D eigenvalue weighted by Gasteiger charge is 2.18. The van der Waals surface area contributed by atoms with Crippen molar-refractivity contribution < 1.29 is 13.2 Å². The first-order chi connectivity index (χ1) is 10.1. The zero-order chi connectivity index (χ0) is 16.9. The van der Waals surface area contributed by atoms with Crippen LogP contribution in [0.4, 0.5) is 0 Å². The molecule has 2 unspecified atom stereocenters. The monoisotopic (exact) mass is 362 g/mol. The predicted molar refractivity (Wildman–Crippen MR) is 96.8 cm³/mol. The Morgan fingerprint density at radius 2 is 1.91 bits per heavy atom. The molecule has 0 aliphatic rings. The zero-order valence-electron chi connectivity index (χ0n) is 14.1. The second-order valence-corrected chi connectivity index (χ2v) is 8.33. The van der Waals surface area contributed by atoms with Crippen molar-refractivity contribution in [2.24, 2.45) is 5.73 Å². The number of nitrogens with two attached hydrogens (primary N) is 1. The molecule has 132 valence electrons. The summed E-state index contributed by atoms with van der Waals surface area (Å²) in [4.78, 5) is 12.0. The first-order valence-electron chi connectivity index (χ1n) is 7.38. The van der Waals surface area contributed by atoms with Gasteiger partial charge in [0.25, 0.3) is 0 Å². The molecule has 0 aliphatic carbocycles. The van der Waals surface area contributed by atoms with Crippen molar-refractivity contribution in [1.29, 1.82) is 0 Å². The van der Waals surface area contributed by atoms with Crippen LogP contribution in [0.25, 0.3) is 0 Å². The maximum absolute atomic E-state index is 12.0. The Labute approximate surface area is 145 Å². The summed E-state index contributed by atoms with van der Waals surface area (Å²) in [5, 5.41) is 2.85. The summed E-state index contributed by atoms with van der Waals surface area (Å²) in [6.07, 6.45) is 2.00. The van der Waals surface area contributed by atoms with Crippen LogP contribution in [0.2, 0.25) is 0 Å². The highest BCUT2D eigenvalue weighted by atomic mass is 35.5. The Bertz CT molecular complexity index is 632. The van der Waals surface area contributed by atoms with Crippen molar-refractivity contribution in [2.75, 3.05) is 12.0 Å². The summed E-state index contributed by atoms with van der Waals surface area (Å²) in [5.74, 6) is -0.381. The maximum atomic E-state index is 12.0. The first-order valence-corrected chi connectivity index (χ1v) is 9.44. The quantitative estimate of drug-likeness (QED) is 0.769. The normalized spacial score (nSPS) is 13.8. The number of halogens is 1. The molecule has 0 fully saturated rings. The topological polar surface area (TPSA) is 89.3 Å². The van der Waals surface area contributed by atoms with Crippen LogP contribution in [0.1, 0.15) is 30.0 Å². The molecule has 5 nitrogen and oxygen atoms in total. The van der Waals surface area contributed by atoms with Crippen LogP contribution in [0.15, 0.2) is 18.2 Å². The summed E-state index contributed by atoms with van der Waals surface area (Å²) < 4.78 is 22.2. The lowest BCUT2D eigenvalue weighted by Gasteiger charge is -2.18. The number of sulfone groups is 1. The fraction of sp³-hybridized carbons (Fsp3) is 0.562. The van der Waals surface area contributed by atoms with Gasteiger partial charge in [0.1, 0.15) is 9.84 Å². The molecule has 7 heteroatoms. The summed E-state index contributed by atoms with van der Waals surface area (Å²) >= 11 is 0. The lowest BCUT2D eigenvalue weighted by Crippen LogP contribution is -2.45. The van der Waals surface area contributed by atoms with Gasteiger partial charge < -0.3 is 11.1 Å². The first kappa shape index (κ1) is 21.9. The predicted octanol–water partition coefficient (Wildman–Crippen LogP) is 1.53. The molecule has 23 heavy (non-hydrogen) atoms. The molecular formula is C16H27ClN2O3S. The number of benzene rings is 1. The summed E-state index contributed by atoms with van der Waals surface area (Å²) in [6, 6.07) is 5.38. The SMILES string of the molecule is Cc1ccc(CC(C)NC(=O)C(N)CCS(C)(=O)=O)c(C)c1.Cl. The van der Waals surface area contributed by atoms with Gasteiger partial charge in [-0.05, 0) is 44.7 Å². The van der Waals surface area contributed by atoms with E-state index < -0.39 is 15.9 Å². The number of nitrogens with one attached hydrogen (secondary N) is 1. The number of amides is 1. The van der Waals surface area contributed by atoms with Gasteiger partial charge in [0.2, 0.25) is 5.91 Å². The minimum Gasteiger partial charge on any atom is -0.352 e. The van der Waals surface area contributed by atoms with Gasteiger partial charge in [0.05, 0.1) is 11.8 Å². The van der Waals surface area contributed by atoms with Crippen molar-refractivity contribution in [2.45, 2.75) is 45.7 Å². The largest absolute Gasteiger partial charge is 0.352 e. The molecular weight excluding hydrogens is 336 g/mol. The standard InChI is InChI=1S/C16H26N2O3S.ClH/c1-11-5-6-14(12(2)9-11)10-13(3)18-16(19)15(17)7-8-22(4,20)21;/h5-6,9,13,15H,7-8,10,17H2,1-4H3,(H,18,19);1H. The van der Waals surface area contributed by atoms with E-state index in [1.165, 1.54) is 16.7 Å². The van der Waals surface area contributed by atoms with E-state index in [-0.39, 0.29) is 36.5 Å². The highest BCUT2D eigenvalue weighted by molar-refractivity contribution is 7.90. The fourth-order valence-corrected chi connectivity index (χ4v) is 2.96. The van der Waals surface area contributed by atoms with E-state index >= 15 is 0 Å². The molecule has 2 atom stereocenters. The van der Waals surface area contributed by atoms with Gasteiger partial charge in [-0.15, -0.1) is 12.4 Å². The van der Waals surface area contributed by atoms with Crippen LogP contribution in [0.5, 0.6) is 0 Å². The number of hydrogen-bond donors (Lipinski definition) is 2. The molecule has 1 rings (SSSR count). The molecule has 0 saturated carbocycles. The Hall–Kier alpha value is -1.11. The van der Waals surface area contributed by atoms with E-state index in [0.29, 0.717) is 0 Å². The van der Waals surface area contributed by atoms with Crippen LogP contribution in [0.3, 0.4) is 0 Å². The van der Waals surface area contributed by atoms with E-state index in [0.717, 1.165) is 12.7 Å². The van der Waals surface area contributed by atoms with E-state index in [1.807, 2.05) is 13.8 Å². The van der Waals surface area contributed by atoms with Crippen molar-refractivity contribution in [3.8, 4) is 0 Å². The second-order valence-electron chi connectivity index (χ2n) is 6.07. The highest BCUT2D eigenvalue weighted by Crippen LogP contribution is 2.12. The van der Waals surface area contributed by atoms with Gasteiger partial charge in [-0.3, -0.25) is 4.79 Å². The number of carbonyl (C=O) groups is 1. The van der Waals surface area contributed by atoms with Crippen LogP contribution in [0, 0.1) is 13.8 Å². The van der Waals surface area contributed by atoms with Crippen molar-refractivity contribution in [3.63, 3.8) is 0 Å². The summed E-state index contributed by atoms with van der Waals surface area (Å²) in [7, 11) is -3.10. The molecule has 0 heterocycles. The van der Waals surface area contributed by atoms with E-state index in [4.69, 9.17) is 5.73 Å². The van der Waals surface area contributed by atoms with Crippen LogP contribution in [-0.2, 0) is 21.1 Å². The Balaban J connectivity index is 0.00000484. The number of rotatable bonds is 7.